The van der Waals surface area contributed by atoms with Crippen LogP contribution in [-0.4, -0.2) is 151 Å². The van der Waals surface area contributed by atoms with E-state index in [1.807, 2.05) is 317 Å². The molecule has 0 atom stereocenters. The number of hydrogen-bond donors (Lipinski definition) is 0. The molecule has 0 aromatic heterocycles. The van der Waals surface area contributed by atoms with E-state index in [4.69, 9.17) is 87.0 Å². The first kappa shape index (κ1) is 77.3. The van der Waals surface area contributed by atoms with Crippen LogP contribution in [0.15, 0.2) is 231 Å². The maximum atomic E-state index is 13.7. The SMILES string of the molecule is C[Si](C)(O[Si]12O[Si]3(O[Si](C)(C)c4ccccc4)O[Si]4(O[Si](C)(C)c5ccccc5)O[Si](O[Si](C)(C)c5ccccc5)(O1)O[Si]1(O[Si](C)(C)c5ccccc5)O[Si](O[Si](C)(C)c5ccccc5)(O2)O[Si](O[Si](C)(C)c2ccccc2)(O3)O[Si](O[Si](C)(C)c2ccc3c(c2)C(=O)OC3=O)(O4)O1)c1ccccc1. The molecule has 6 fully saturated rings. The largest absolute Gasteiger partial charge is 0.651 e. The van der Waals surface area contributed by atoms with Crippen molar-refractivity contribution < 1.29 is 96.6 Å². The van der Waals surface area contributed by atoms with Crippen LogP contribution in [0.2, 0.25) is 105 Å². The Morgan fingerprint density at radius 3 is 0.524 bits per heavy atom. The van der Waals surface area contributed by atoms with Gasteiger partial charge in [-0.2, -0.15) is 0 Å². The van der Waals surface area contributed by atoms with Gasteiger partial charge in [-0.15, -0.1) is 0 Å². The van der Waals surface area contributed by atoms with E-state index in [-0.39, 0.29) is 11.1 Å². The van der Waals surface area contributed by atoms with Crippen molar-refractivity contribution in [3.05, 3.63) is 242 Å². The lowest BCUT2D eigenvalue weighted by Crippen LogP contribution is -2.93. The molecule has 0 saturated carbocycles. The Morgan fingerprint density at radius 1 is 0.200 bits per heavy atom. The van der Waals surface area contributed by atoms with Crippen molar-refractivity contribution in [1.29, 1.82) is 0 Å². The van der Waals surface area contributed by atoms with E-state index < -0.39 is 151 Å². The van der Waals surface area contributed by atoms with Crippen LogP contribution >= 0.6 is 0 Å². The van der Waals surface area contributed by atoms with Crippen LogP contribution in [0.3, 0.4) is 0 Å². The topological polar surface area (TPSA) is 228 Å². The maximum absolute atomic E-state index is 13.7. The Balaban J connectivity index is 1.16. The summed E-state index contributed by atoms with van der Waals surface area (Å²) in [5.41, 5.74) is 0.0758. The first-order valence-electron chi connectivity index (χ1n) is 34.6. The zero-order chi connectivity index (χ0) is 74.6. The summed E-state index contributed by atoms with van der Waals surface area (Å²) in [6, 6.07) is 72.4. The molecule has 8 aromatic rings. The molecule has 552 valence electrons. The quantitative estimate of drug-likeness (QED) is 0.0316. The van der Waals surface area contributed by atoms with Gasteiger partial charge in [-0.25, -0.2) is 9.59 Å². The summed E-state index contributed by atoms with van der Waals surface area (Å²) in [5.74, 6) is -1.64. The molecule has 0 amide bonds. The predicted molar refractivity (Wildman–Crippen MR) is 426 cm³/mol. The van der Waals surface area contributed by atoms with Crippen molar-refractivity contribution >= 4 is 192 Å². The Morgan fingerprint density at radius 2 is 0.352 bits per heavy atom. The van der Waals surface area contributed by atoms with Gasteiger partial charge >= 0.3 is 84.3 Å². The Hall–Kier alpha value is -4.43. The molecule has 0 spiro atoms. The van der Waals surface area contributed by atoms with E-state index in [1.165, 1.54) is 6.07 Å². The first-order chi connectivity index (χ1) is 49.3. The molecule has 7 aliphatic rings. The van der Waals surface area contributed by atoms with E-state index in [9.17, 15) is 9.59 Å². The molecular weight excluding hydrogens is 1610 g/mol. The highest BCUT2D eigenvalue weighted by Gasteiger charge is 2.93. The van der Waals surface area contributed by atoms with E-state index in [0.29, 0.717) is 5.19 Å². The van der Waals surface area contributed by atoms with Crippen molar-refractivity contribution in [2.45, 2.75) is 105 Å². The second kappa shape index (κ2) is 27.8. The number of esters is 2. The fourth-order valence-corrected chi connectivity index (χ4v) is 85.6. The van der Waals surface area contributed by atoms with Crippen molar-refractivity contribution in [1.82, 2.24) is 0 Å². The van der Waals surface area contributed by atoms with Gasteiger partial charge < -0.3 is 87.0 Å². The number of carbonyl (C=O) groups excluding carboxylic acids is 2. The standard InChI is InChI=1S/C66H86O23Si16/c1-90(2,55-38-24-17-25-39-55)70-98-78-99(71-91(3,4)56-40-26-18-27-41-56)81-102(74-94(9,10)59-46-32-21-33-47-59)83-100(79-98,72-92(5,6)57-42-28-19-29-43-57)85-104(76-96(13,14)61-50-36-23-37-51-61)86-101(80-98,73-93(7,8)58-44-30-20-31-45-58)84-103(82-99,75-95(11,12)60-48-34-22-35-49-60)88-105(87-102,89-104)77-97(15,16)62-52-53-63-64(54-62)66(68)69-65(63)67/h17-54H,1-16H3. The van der Waals surface area contributed by atoms with Crippen LogP contribution in [0.4, 0.5) is 0 Å². The van der Waals surface area contributed by atoms with E-state index in [0.717, 1.165) is 36.3 Å². The second-order valence-electron chi connectivity index (χ2n) is 30.1. The summed E-state index contributed by atoms with van der Waals surface area (Å²) in [4.78, 5) is 27.0. The van der Waals surface area contributed by atoms with Gasteiger partial charge in [-0.1, -0.05) is 218 Å². The molecule has 6 saturated heterocycles. The van der Waals surface area contributed by atoms with Crippen LogP contribution in [0.1, 0.15) is 20.7 Å². The minimum atomic E-state index is -5.96. The first-order valence-corrected chi connectivity index (χ1v) is 70.9. The highest BCUT2D eigenvalue weighted by molar-refractivity contribution is 7.08. The molecule has 7 heterocycles. The van der Waals surface area contributed by atoms with Crippen LogP contribution < -0.4 is 41.5 Å². The number of fused-ring (bicyclic) bond motifs is 1. The molecule has 0 aliphatic carbocycles. The van der Waals surface area contributed by atoms with Crippen LogP contribution in [-0.2, 0) is 87.0 Å². The fourth-order valence-electron chi connectivity index (χ4n) is 13.1. The van der Waals surface area contributed by atoms with Crippen LogP contribution in [0, 0.1) is 0 Å². The summed E-state index contributed by atoms with van der Waals surface area (Å²) in [5, 5.41) is 5.76. The van der Waals surface area contributed by atoms with Gasteiger partial charge in [0.05, 0.1) is 11.1 Å². The number of carbonyl (C=O) groups is 2. The van der Waals surface area contributed by atoms with Gasteiger partial charge in [0.25, 0.3) is 0 Å². The smallest absolute Gasteiger partial charge is 0.391 e. The molecule has 8 aromatic carbocycles. The number of benzene rings is 8. The average Bonchev–Trinajstić information content (AvgIpc) is 0.809. The highest BCUT2D eigenvalue weighted by Crippen LogP contribution is 2.53. The predicted octanol–water partition coefficient (Wildman–Crippen LogP) is 8.08. The number of cyclic esters (lactones) is 2. The van der Waals surface area contributed by atoms with Crippen LogP contribution in [0.5, 0.6) is 0 Å². The van der Waals surface area contributed by atoms with E-state index in [1.54, 1.807) is 12.1 Å². The highest BCUT2D eigenvalue weighted by atomic mass is 28.7. The summed E-state index contributed by atoms with van der Waals surface area (Å²) in [6.07, 6.45) is 0. The normalized spacial score (nSPS) is 27.9. The molecular formula is C66H86O23Si16. The fraction of sp³-hybridized carbons (Fsp3) is 0.242. The third-order valence-electron chi connectivity index (χ3n) is 18.7. The zero-order valence-corrected chi connectivity index (χ0v) is 77.3. The monoisotopic (exact) mass is 1690 g/mol. The van der Waals surface area contributed by atoms with Crippen molar-refractivity contribution in [2.75, 3.05) is 0 Å². The molecule has 15 rings (SSSR count). The molecule has 0 unspecified atom stereocenters. The number of hydrogen-bond acceptors (Lipinski definition) is 23. The van der Waals surface area contributed by atoms with Crippen molar-refractivity contribution in [2.24, 2.45) is 0 Å². The lowest BCUT2D eigenvalue weighted by molar-refractivity contribution is -0.129. The molecule has 105 heavy (non-hydrogen) atoms. The average molecular weight is 1700 g/mol. The molecule has 23 nitrogen and oxygen atoms in total. The van der Waals surface area contributed by atoms with Gasteiger partial charge in [0.1, 0.15) is 0 Å². The minimum absolute atomic E-state index is 0.0107. The van der Waals surface area contributed by atoms with Gasteiger partial charge in [0, 0.05) is 0 Å². The molecule has 0 N–H and O–H groups in total. The third-order valence-corrected chi connectivity index (χ3v) is 80.8. The Bertz CT molecular complexity index is 4160. The summed E-state index contributed by atoms with van der Waals surface area (Å²) >= 11 is 0. The van der Waals surface area contributed by atoms with E-state index >= 15 is 0 Å². The molecule has 0 radical (unpaired) electrons. The van der Waals surface area contributed by atoms with Gasteiger partial charge in [0.2, 0.25) is 66.5 Å². The van der Waals surface area contributed by atoms with E-state index in [2.05, 4.69) is 0 Å². The maximum Gasteiger partial charge on any atom is 0.651 e. The third kappa shape index (κ3) is 15.8. The van der Waals surface area contributed by atoms with Gasteiger partial charge in [0.15, 0.2) is 0 Å². The second-order valence-corrected chi connectivity index (χ2v) is 83.2. The lowest BCUT2D eigenvalue weighted by Gasteiger charge is -2.61. The van der Waals surface area contributed by atoms with Gasteiger partial charge in [-0.3, -0.25) is 0 Å². The lowest BCUT2D eigenvalue weighted by atomic mass is 10.1. The Labute approximate surface area is 630 Å². The zero-order valence-electron chi connectivity index (χ0n) is 61.3. The number of rotatable bonds is 24. The Kier molecular flexibility index (Phi) is 20.5. The summed E-state index contributed by atoms with van der Waals surface area (Å²) in [7, 11) is -76.8. The summed E-state index contributed by atoms with van der Waals surface area (Å²) < 4.78 is 169. The summed E-state index contributed by atoms with van der Waals surface area (Å²) in [6.45, 7) is 31.2. The molecule has 8 bridgehead atoms. The van der Waals surface area contributed by atoms with Crippen LogP contribution in [0.25, 0.3) is 0 Å². The number of ether oxygens (including phenoxy) is 1. The van der Waals surface area contributed by atoms with Gasteiger partial charge in [-0.05, 0) is 158 Å². The molecule has 39 heteroatoms. The minimum Gasteiger partial charge on any atom is -0.391 e. The molecule has 7 aliphatic heterocycles. The van der Waals surface area contributed by atoms with Crippen molar-refractivity contribution in [3.63, 3.8) is 0 Å². The van der Waals surface area contributed by atoms with Crippen molar-refractivity contribution in [3.8, 4) is 0 Å².